The summed E-state index contributed by atoms with van der Waals surface area (Å²) in [7, 11) is 1.74. The number of amides is 1. The van der Waals surface area contributed by atoms with Gasteiger partial charge >= 0.3 is 0 Å². The van der Waals surface area contributed by atoms with Crippen LogP contribution in [0.3, 0.4) is 0 Å². The Bertz CT molecular complexity index is 1280. The van der Waals surface area contributed by atoms with Gasteiger partial charge in [0, 0.05) is 54.1 Å². The second-order valence-corrected chi connectivity index (χ2v) is 11.0. The first-order chi connectivity index (χ1) is 17.7. The highest BCUT2D eigenvalue weighted by molar-refractivity contribution is 7.99. The molecule has 0 unspecified atom stereocenters. The summed E-state index contributed by atoms with van der Waals surface area (Å²) >= 11 is 1.77. The van der Waals surface area contributed by atoms with Crippen LogP contribution in [0.2, 0.25) is 0 Å². The SMILES string of the molecule is C=CC(=O)N1[C@H](C)CN(C2=NC(=C)N3C[C@H](OC)CSc4c(-c5ccc(F)cc5)c(C)cc2c43)C[C@@H]1C. The van der Waals surface area contributed by atoms with Crippen molar-refractivity contribution in [3.05, 3.63) is 72.3 Å². The van der Waals surface area contributed by atoms with Crippen molar-refractivity contribution in [2.45, 2.75) is 43.9 Å². The van der Waals surface area contributed by atoms with Crippen LogP contribution in [0.1, 0.15) is 25.0 Å². The maximum Gasteiger partial charge on any atom is 0.246 e. The summed E-state index contributed by atoms with van der Waals surface area (Å²) in [5.41, 5.74) is 5.31. The van der Waals surface area contributed by atoms with Crippen LogP contribution in [0.15, 0.2) is 65.3 Å². The first-order valence-electron chi connectivity index (χ1n) is 12.6. The largest absolute Gasteiger partial charge is 0.379 e. The fourth-order valence-corrected chi connectivity index (χ4v) is 7.13. The van der Waals surface area contributed by atoms with Crippen LogP contribution in [0, 0.1) is 12.7 Å². The van der Waals surface area contributed by atoms with Gasteiger partial charge in [0.25, 0.3) is 0 Å². The first-order valence-corrected chi connectivity index (χ1v) is 13.6. The molecule has 37 heavy (non-hydrogen) atoms. The molecule has 0 aliphatic carbocycles. The van der Waals surface area contributed by atoms with Crippen molar-refractivity contribution in [2.75, 3.05) is 37.4 Å². The predicted molar refractivity (Wildman–Crippen MR) is 149 cm³/mol. The van der Waals surface area contributed by atoms with Gasteiger partial charge in [-0.25, -0.2) is 9.38 Å². The highest BCUT2D eigenvalue weighted by atomic mass is 32.2. The van der Waals surface area contributed by atoms with E-state index in [-0.39, 0.29) is 29.9 Å². The number of hydrogen-bond donors (Lipinski definition) is 0. The molecule has 0 radical (unpaired) electrons. The van der Waals surface area contributed by atoms with Crippen molar-refractivity contribution >= 4 is 29.2 Å². The number of thioether (sulfide) groups is 1. The number of aryl methyl sites for hydroxylation is 1. The zero-order valence-electron chi connectivity index (χ0n) is 21.8. The van der Waals surface area contributed by atoms with Gasteiger partial charge in [0.15, 0.2) is 0 Å². The number of piperazine rings is 1. The molecule has 3 aliphatic heterocycles. The number of anilines is 1. The van der Waals surface area contributed by atoms with Crippen LogP contribution in [0.25, 0.3) is 11.1 Å². The molecule has 194 valence electrons. The van der Waals surface area contributed by atoms with Gasteiger partial charge in [0.1, 0.15) is 17.5 Å². The minimum atomic E-state index is -0.251. The average Bonchev–Trinajstić information content (AvgIpc) is 3.07. The smallest absolute Gasteiger partial charge is 0.246 e. The van der Waals surface area contributed by atoms with Gasteiger partial charge < -0.3 is 19.4 Å². The van der Waals surface area contributed by atoms with E-state index in [2.05, 4.69) is 49.8 Å². The van der Waals surface area contributed by atoms with Gasteiger partial charge in [-0.05, 0) is 56.2 Å². The summed E-state index contributed by atoms with van der Waals surface area (Å²) in [6.07, 6.45) is 1.40. The third kappa shape index (κ3) is 4.46. The molecule has 3 aliphatic rings. The molecule has 8 heteroatoms. The summed E-state index contributed by atoms with van der Waals surface area (Å²) in [5, 5.41) is 0. The molecule has 0 spiro atoms. The third-order valence-corrected chi connectivity index (χ3v) is 8.65. The van der Waals surface area contributed by atoms with Crippen LogP contribution >= 0.6 is 11.8 Å². The predicted octanol–water partition coefficient (Wildman–Crippen LogP) is 5.07. The Morgan fingerprint density at radius 1 is 1.19 bits per heavy atom. The molecule has 3 atom stereocenters. The molecule has 0 saturated carbocycles. The molecule has 0 aromatic heterocycles. The lowest BCUT2D eigenvalue weighted by atomic mass is 9.94. The second-order valence-electron chi connectivity index (χ2n) is 9.98. The molecule has 5 rings (SSSR count). The average molecular weight is 521 g/mol. The second kappa shape index (κ2) is 9.99. The summed E-state index contributed by atoms with van der Waals surface area (Å²) < 4.78 is 19.6. The van der Waals surface area contributed by atoms with Gasteiger partial charge in [0.2, 0.25) is 5.91 Å². The van der Waals surface area contributed by atoms with Crippen molar-refractivity contribution in [1.29, 1.82) is 0 Å². The molecule has 2 aromatic rings. The van der Waals surface area contributed by atoms with Crippen molar-refractivity contribution in [3.63, 3.8) is 0 Å². The van der Waals surface area contributed by atoms with E-state index in [0.717, 1.165) is 44.4 Å². The Kier molecular flexibility index (Phi) is 6.89. The number of ether oxygens (including phenoxy) is 1. The Hall–Kier alpha value is -3.10. The highest BCUT2D eigenvalue weighted by Crippen LogP contribution is 2.48. The number of methoxy groups -OCH3 is 1. The van der Waals surface area contributed by atoms with Gasteiger partial charge in [-0.1, -0.05) is 25.3 Å². The zero-order chi connectivity index (χ0) is 26.4. The highest BCUT2D eigenvalue weighted by Gasteiger charge is 2.38. The zero-order valence-corrected chi connectivity index (χ0v) is 22.6. The molecule has 0 N–H and O–H groups in total. The van der Waals surface area contributed by atoms with Crippen LogP contribution in [0.4, 0.5) is 10.1 Å². The lowest BCUT2D eigenvalue weighted by Gasteiger charge is -2.46. The maximum absolute atomic E-state index is 13.8. The van der Waals surface area contributed by atoms with Gasteiger partial charge in [-0.15, -0.1) is 11.8 Å². The normalized spacial score (nSPS) is 23.4. The first kappa shape index (κ1) is 25.5. The lowest BCUT2D eigenvalue weighted by molar-refractivity contribution is -0.132. The molecule has 1 fully saturated rings. The van der Waals surface area contributed by atoms with Gasteiger partial charge in [0.05, 0.1) is 18.3 Å². The number of nitrogens with zero attached hydrogens (tertiary/aromatic N) is 4. The molecule has 2 aromatic carbocycles. The number of carbonyl (C=O) groups excluding carboxylic acids is 1. The standard InChI is InChI=1S/C29H33FN4O2S/c1-7-25(35)34-18(3)13-32(14-19(34)4)29-24-12-17(2)26(21-8-10-22(30)11-9-21)28-27(24)33(20(5)31-29)15-23(36-6)16-37-28/h7-12,18-19,23H,1,5,13-16H2,2-4,6H3/t18-,19+,23-/m0/s1. The fourth-order valence-electron chi connectivity index (χ4n) is 5.75. The molecule has 0 bridgehead atoms. The summed E-state index contributed by atoms with van der Waals surface area (Å²) in [5.74, 6) is 2.05. The number of amidine groups is 1. The summed E-state index contributed by atoms with van der Waals surface area (Å²) in [6.45, 7) is 16.2. The van der Waals surface area contributed by atoms with E-state index in [1.54, 1.807) is 18.9 Å². The Balaban J connectivity index is 1.64. The van der Waals surface area contributed by atoms with Crippen LogP contribution < -0.4 is 4.90 Å². The van der Waals surface area contributed by atoms with Crippen molar-refractivity contribution in [1.82, 2.24) is 9.80 Å². The minimum absolute atomic E-state index is 0.00799. The number of rotatable bonds is 3. The van der Waals surface area contributed by atoms with E-state index < -0.39 is 0 Å². The molecule has 6 nitrogen and oxygen atoms in total. The van der Waals surface area contributed by atoms with Crippen molar-refractivity contribution < 1.29 is 13.9 Å². The number of benzene rings is 2. The number of carbonyl (C=O) groups is 1. The van der Waals surface area contributed by atoms with E-state index in [1.807, 2.05) is 17.0 Å². The molecule has 3 heterocycles. The van der Waals surface area contributed by atoms with E-state index in [0.29, 0.717) is 25.5 Å². The van der Waals surface area contributed by atoms with Crippen LogP contribution in [-0.4, -0.2) is 72.2 Å². The van der Waals surface area contributed by atoms with Gasteiger partial charge in [-0.3, -0.25) is 4.79 Å². The molecular formula is C29H33FN4O2S. The summed E-state index contributed by atoms with van der Waals surface area (Å²) in [6, 6.07) is 8.92. The minimum Gasteiger partial charge on any atom is -0.379 e. The number of aliphatic imine (C=N–C) groups is 1. The quantitative estimate of drug-likeness (QED) is 0.529. The van der Waals surface area contributed by atoms with Crippen LogP contribution in [-0.2, 0) is 9.53 Å². The van der Waals surface area contributed by atoms with E-state index in [9.17, 15) is 9.18 Å². The third-order valence-electron chi connectivity index (χ3n) is 7.42. The van der Waals surface area contributed by atoms with Crippen molar-refractivity contribution in [3.8, 4) is 11.1 Å². The van der Waals surface area contributed by atoms with E-state index >= 15 is 0 Å². The maximum atomic E-state index is 13.8. The molecule has 1 saturated heterocycles. The van der Waals surface area contributed by atoms with E-state index in [4.69, 9.17) is 9.73 Å². The number of halogens is 1. The Morgan fingerprint density at radius 3 is 2.49 bits per heavy atom. The van der Waals surface area contributed by atoms with Gasteiger partial charge in [-0.2, -0.15) is 0 Å². The number of hydrogen-bond acceptors (Lipinski definition) is 6. The topological polar surface area (TPSA) is 48.4 Å². The van der Waals surface area contributed by atoms with Crippen molar-refractivity contribution in [2.24, 2.45) is 4.99 Å². The summed E-state index contributed by atoms with van der Waals surface area (Å²) in [4.78, 5) is 25.0. The molecule has 1 amide bonds. The van der Waals surface area contributed by atoms with E-state index in [1.165, 1.54) is 18.2 Å². The Labute approximate surface area is 222 Å². The lowest BCUT2D eigenvalue weighted by Crippen LogP contribution is -2.60. The monoisotopic (exact) mass is 520 g/mol. The van der Waals surface area contributed by atoms with Crippen LogP contribution in [0.5, 0.6) is 0 Å². The molecular weight excluding hydrogens is 487 g/mol. The Morgan fingerprint density at radius 2 is 1.86 bits per heavy atom. The fraction of sp³-hybridized carbons (Fsp3) is 0.379.